The van der Waals surface area contributed by atoms with E-state index in [-0.39, 0.29) is 17.5 Å². The predicted molar refractivity (Wildman–Crippen MR) is 97.7 cm³/mol. The number of hydrogen-bond acceptors (Lipinski definition) is 3. The van der Waals surface area contributed by atoms with Gasteiger partial charge in [-0.05, 0) is 23.6 Å². The minimum Gasteiger partial charge on any atom is -0.323 e. The lowest BCUT2D eigenvalue weighted by Gasteiger charge is -2.17. The van der Waals surface area contributed by atoms with Crippen molar-refractivity contribution >= 4 is 28.4 Å². The molecule has 0 aromatic heterocycles. The first-order valence-corrected chi connectivity index (χ1v) is 9.00. The molecule has 0 saturated heterocycles. The number of thioether (sulfide) groups is 1. The van der Waals surface area contributed by atoms with Gasteiger partial charge in [0.25, 0.3) is 0 Å². The molecule has 6 heteroatoms. The van der Waals surface area contributed by atoms with E-state index in [0.717, 1.165) is 28.5 Å². The third-order valence-corrected chi connectivity index (χ3v) is 5.23. The van der Waals surface area contributed by atoms with E-state index in [0.29, 0.717) is 6.54 Å². The average molecular weight is 360 g/mol. The topological polar surface area (TPSA) is 41.5 Å². The molecular formula is C19H18F2N2OS. The van der Waals surface area contributed by atoms with E-state index in [1.54, 1.807) is 0 Å². The number of nitrogens with one attached hydrogen (secondary N) is 1. The van der Waals surface area contributed by atoms with E-state index in [9.17, 15) is 13.6 Å². The van der Waals surface area contributed by atoms with Crippen LogP contribution in [0.5, 0.6) is 0 Å². The summed E-state index contributed by atoms with van der Waals surface area (Å²) in [6, 6.07) is 13.0. The second-order valence-corrected chi connectivity index (χ2v) is 7.02. The first kappa shape index (κ1) is 17.6. The molecular weight excluding hydrogens is 342 g/mol. The number of anilines is 1. The Morgan fingerprint density at radius 2 is 2.00 bits per heavy atom. The van der Waals surface area contributed by atoms with E-state index in [1.807, 2.05) is 37.3 Å². The fourth-order valence-electron chi connectivity index (χ4n) is 2.72. The number of rotatable bonds is 4. The Balaban J connectivity index is 1.68. The van der Waals surface area contributed by atoms with Crippen LogP contribution in [-0.2, 0) is 10.5 Å². The molecule has 2 atom stereocenters. The minimum atomic E-state index is -0.783. The largest absolute Gasteiger partial charge is 0.323 e. The van der Waals surface area contributed by atoms with Crippen molar-refractivity contribution < 1.29 is 13.6 Å². The van der Waals surface area contributed by atoms with Crippen molar-refractivity contribution in [2.24, 2.45) is 16.8 Å². The molecule has 0 fully saturated rings. The molecule has 0 bridgehead atoms. The standard InChI is InChI=1S/C19H18F2N2OS/c1-12-10-22-19(25-11-13-5-3-2-4-6-13)17(12)18(24)23-16-8-7-14(20)9-15(16)21/h2-9,12,17H,10-11H2,1H3,(H,23,24). The highest BCUT2D eigenvalue weighted by Gasteiger charge is 2.35. The quantitative estimate of drug-likeness (QED) is 0.872. The summed E-state index contributed by atoms with van der Waals surface area (Å²) < 4.78 is 26.8. The van der Waals surface area contributed by atoms with Crippen LogP contribution in [0.4, 0.5) is 14.5 Å². The molecule has 2 aromatic rings. The summed E-state index contributed by atoms with van der Waals surface area (Å²) in [5, 5.41) is 3.32. The maximum Gasteiger partial charge on any atom is 0.234 e. The lowest BCUT2D eigenvalue weighted by molar-refractivity contribution is -0.118. The third kappa shape index (κ3) is 4.25. The van der Waals surface area contributed by atoms with Crippen LogP contribution >= 0.6 is 11.8 Å². The van der Waals surface area contributed by atoms with Crippen molar-refractivity contribution in [3.63, 3.8) is 0 Å². The zero-order valence-electron chi connectivity index (χ0n) is 13.7. The number of aliphatic imine (C=N–C) groups is 1. The molecule has 3 nitrogen and oxygen atoms in total. The zero-order chi connectivity index (χ0) is 17.8. The van der Waals surface area contributed by atoms with Crippen molar-refractivity contribution in [1.82, 2.24) is 0 Å². The van der Waals surface area contributed by atoms with Gasteiger partial charge in [-0.2, -0.15) is 0 Å². The SMILES string of the molecule is CC1CN=C(SCc2ccccc2)C1C(=O)Nc1ccc(F)cc1F. The van der Waals surface area contributed by atoms with Crippen molar-refractivity contribution in [3.05, 3.63) is 65.7 Å². The van der Waals surface area contributed by atoms with Crippen molar-refractivity contribution in [2.75, 3.05) is 11.9 Å². The Kier molecular flexibility index (Phi) is 5.48. The van der Waals surface area contributed by atoms with Gasteiger partial charge < -0.3 is 5.32 Å². The Morgan fingerprint density at radius 3 is 2.72 bits per heavy atom. The van der Waals surface area contributed by atoms with E-state index < -0.39 is 17.6 Å². The molecule has 1 N–H and O–H groups in total. The number of amides is 1. The maximum absolute atomic E-state index is 13.8. The van der Waals surface area contributed by atoms with Crippen LogP contribution in [0.1, 0.15) is 12.5 Å². The lowest BCUT2D eigenvalue weighted by atomic mass is 9.97. The van der Waals surface area contributed by atoms with Crippen molar-refractivity contribution in [2.45, 2.75) is 12.7 Å². The van der Waals surface area contributed by atoms with Gasteiger partial charge in [0, 0.05) is 18.4 Å². The molecule has 2 aromatic carbocycles. The average Bonchev–Trinajstić information content (AvgIpc) is 2.97. The van der Waals surface area contributed by atoms with Gasteiger partial charge in [0.1, 0.15) is 11.6 Å². The van der Waals surface area contributed by atoms with Gasteiger partial charge in [-0.15, -0.1) is 11.8 Å². The molecule has 3 rings (SSSR count). The van der Waals surface area contributed by atoms with Crippen LogP contribution in [0, 0.1) is 23.5 Å². The Morgan fingerprint density at radius 1 is 1.24 bits per heavy atom. The lowest BCUT2D eigenvalue weighted by Crippen LogP contribution is -2.31. The maximum atomic E-state index is 13.8. The Bertz CT molecular complexity index is 795. The molecule has 2 unspecified atom stereocenters. The molecule has 1 aliphatic rings. The number of nitrogens with zero attached hydrogens (tertiary/aromatic N) is 1. The molecule has 25 heavy (non-hydrogen) atoms. The number of halogens is 2. The Hall–Kier alpha value is -2.21. The highest BCUT2D eigenvalue weighted by atomic mass is 32.2. The number of hydrogen-bond donors (Lipinski definition) is 1. The molecule has 0 radical (unpaired) electrons. The van der Waals surface area contributed by atoms with Crippen LogP contribution in [0.25, 0.3) is 0 Å². The number of carbonyl (C=O) groups is 1. The molecule has 0 aliphatic carbocycles. The second-order valence-electron chi connectivity index (χ2n) is 6.02. The van der Waals surface area contributed by atoms with Crippen molar-refractivity contribution in [1.29, 1.82) is 0 Å². The van der Waals surface area contributed by atoms with Crippen LogP contribution in [0.15, 0.2) is 53.5 Å². The Labute approximate surface area is 149 Å². The van der Waals surface area contributed by atoms with Gasteiger partial charge in [0.15, 0.2) is 0 Å². The third-order valence-electron chi connectivity index (χ3n) is 4.07. The monoisotopic (exact) mass is 360 g/mol. The molecule has 130 valence electrons. The first-order chi connectivity index (χ1) is 12.0. The summed E-state index contributed by atoms with van der Waals surface area (Å²) in [5.41, 5.74) is 1.14. The summed E-state index contributed by atoms with van der Waals surface area (Å²) in [6.45, 7) is 2.52. The zero-order valence-corrected chi connectivity index (χ0v) is 14.5. The van der Waals surface area contributed by atoms with E-state index >= 15 is 0 Å². The molecule has 0 saturated carbocycles. The van der Waals surface area contributed by atoms with Gasteiger partial charge in [0.05, 0.1) is 16.6 Å². The molecule has 0 spiro atoms. The van der Waals surface area contributed by atoms with Crippen molar-refractivity contribution in [3.8, 4) is 0 Å². The van der Waals surface area contributed by atoms with Gasteiger partial charge >= 0.3 is 0 Å². The van der Waals surface area contributed by atoms with Crippen LogP contribution in [0.3, 0.4) is 0 Å². The fourth-order valence-corrected chi connectivity index (χ4v) is 3.91. The van der Waals surface area contributed by atoms with Gasteiger partial charge in [0.2, 0.25) is 5.91 Å². The summed E-state index contributed by atoms with van der Waals surface area (Å²) in [5.74, 6) is -1.42. The highest BCUT2D eigenvalue weighted by Crippen LogP contribution is 2.31. The van der Waals surface area contributed by atoms with E-state index in [4.69, 9.17) is 0 Å². The molecule has 1 amide bonds. The second kappa shape index (κ2) is 7.78. The van der Waals surface area contributed by atoms with E-state index in [1.165, 1.54) is 17.8 Å². The predicted octanol–water partition coefficient (Wildman–Crippen LogP) is 4.50. The smallest absolute Gasteiger partial charge is 0.234 e. The fraction of sp³-hybridized carbons (Fsp3) is 0.263. The summed E-state index contributed by atoms with van der Waals surface area (Å²) in [7, 11) is 0. The van der Waals surface area contributed by atoms with Gasteiger partial charge in [-0.1, -0.05) is 37.3 Å². The number of carbonyl (C=O) groups excluding carboxylic acids is 1. The van der Waals surface area contributed by atoms with Gasteiger partial charge in [-0.25, -0.2) is 8.78 Å². The van der Waals surface area contributed by atoms with E-state index in [2.05, 4.69) is 10.3 Å². The minimum absolute atomic E-state index is 0.0158. The van der Waals surface area contributed by atoms with Crippen LogP contribution < -0.4 is 5.32 Å². The first-order valence-electron chi connectivity index (χ1n) is 8.01. The molecule has 1 aliphatic heterocycles. The molecule has 1 heterocycles. The van der Waals surface area contributed by atoms with Gasteiger partial charge in [-0.3, -0.25) is 9.79 Å². The summed E-state index contributed by atoms with van der Waals surface area (Å²) in [4.78, 5) is 17.1. The normalized spacial score (nSPS) is 19.6. The summed E-state index contributed by atoms with van der Waals surface area (Å²) >= 11 is 1.53. The van der Waals surface area contributed by atoms with Crippen LogP contribution in [-0.4, -0.2) is 17.5 Å². The number of benzene rings is 2. The van der Waals surface area contributed by atoms with Crippen LogP contribution in [0.2, 0.25) is 0 Å². The summed E-state index contributed by atoms with van der Waals surface area (Å²) in [6.07, 6.45) is 0. The highest BCUT2D eigenvalue weighted by molar-refractivity contribution is 8.13.